The molecule has 154 valence electrons. The predicted octanol–water partition coefficient (Wildman–Crippen LogP) is 4.35. The number of H-pyrrole nitrogens is 1. The minimum absolute atomic E-state index is 0.0785. The summed E-state index contributed by atoms with van der Waals surface area (Å²) >= 11 is 0. The fourth-order valence-corrected chi connectivity index (χ4v) is 2.93. The maximum atomic E-state index is 12.3. The fourth-order valence-electron chi connectivity index (χ4n) is 2.93. The van der Waals surface area contributed by atoms with E-state index in [-0.39, 0.29) is 12.3 Å². The molecule has 5 nitrogen and oxygen atoms in total. The Morgan fingerprint density at radius 2 is 1.86 bits per heavy atom. The van der Waals surface area contributed by atoms with Crippen LogP contribution >= 0.6 is 0 Å². The van der Waals surface area contributed by atoms with E-state index in [1.54, 1.807) is 12.1 Å². The van der Waals surface area contributed by atoms with Crippen molar-refractivity contribution in [2.24, 2.45) is 0 Å². The number of aromatic nitrogens is 1. The lowest BCUT2D eigenvalue weighted by molar-refractivity contribution is -0.167. The summed E-state index contributed by atoms with van der Waals surface area (Å²) in [5, 5.41) is 2.85. The number of rotatable bonds is 7. The van der Waals surface area contributed by atoms with Crippen LogP contribution in [0.5, 0.6) is 5.75 Å². The lowest BCUT2D eigenvalue weighted by Crippen LogP contribution is -2.29. The first-order valence-corrected chi connectivity index (χ1v) is 9.07. The van der Waals surface area contributed by atoms with Crippen molar-refractivity contribution in [2.45, 2.75) is 19.2 Å². The maximum absolute atomic E-state index is 12.3. The van der Waals surface area contributed by atoms with Gasteiger partial charge in [0, 0.05) is 29.3 Å². The number of carbonyl (C=O) groups is 1. The summed E-state index contributed by atoms with van der Waals surface area (Å²) in [6, 6.07) is 11.9. The molecule has 0 spiro atoms. The zero-order valence-corrected chi connectivity index (χ0v) is 16.1. The summed E-state index contributed by atoms with van der Waals surface area (Å²) in [6.45, 7) is 1.16. The number of benzene rings is 2. The number of hydrogen-bond donors (Lipinski definition) is 2. The molecule has 0 saturated carbocycles. The molecule has 8 heteroatoms. The van der Waals surface area contributed by atoms with E-state index in [1.165, 1.54) is 12.1 Å². The van der Waals surface area contributed by atoms with Crippen molar-refractivity contribution in [2.75, 3.05) is 26.0 Å². The molecular weight excluding hydrogens is 383 g/mol. The molecule has 0 aliphatic rings. The Morgan fingerprint density at radius 3 is 2.52 bits per heavy atom. The molecule has 1 heterocycles. The highest BCUT2D eigenvalue weighted by molar-refractivity contribution is 5.94. The van der Waals surface area contributed by atoms with E-state index in [9.17, 15) is 18.0 Å². The molecule has 0 aliphatic carbocycles. The van der Waals surface area contributed by atoms with Gasteiger partial charge < -0.3 is 19.9 Å². The van der Waals surface area contributed by atoms with Crippen molar-refractivity contribution in [1.82, 2.24) is 9.88 Å². The summed E-state index contributed by atoms with van der Waals surface area (Å²) in [4.78, 5) is 16.4. The quantitative estimate of drug-likeness (QED) is 0.614. The maximum Gasteiger partial charge on any atom is 0.471 e. The Bertz CT molecular complexity index is 979. The van der Waals surface area contributed by atoms with Crippen LogP contribution in [-0.4, -0.2) is 42.6 Å². The summed E-state index contributed by atoms with van der Waals surface area (Å²) < 4.78 is 42.9. The molecule has 0 bridgehead atoms. The zero-order valence-electron chi connectivity index (χ0n) is 16.1. The highest BCUT2D eigenvalue weighted by Crippen LogP contribution is 2.30. The van der Waals surface area contributed by atoms with Crippen molar-refractivity contribution < 1.29 is 22.7 Å². The van der Waals surface area contributed by atoms with Gasteiger partial charge in [0.05, 0.1) is 0 Å². The number of halogens is 3. The monoisotopic (exact) mass is 405 g/mol. The summed E-state index contributed by atoms with van der Waals surface area (Å²) in [6.07, 6.45) is -2.05. The van der Waals surface area contributed by atoms with Crippen LogP contribution in [0.1, 0.15) is 11.1 Å². The van der Waals surface area contributed by atoms with Crippen molar-refractivity contribution in [3.8, 4) is 5.75 Å². The van der Waals surface area contributed by atoms with E-state index in [2.05, 4.69) is 9.88 Å². The van der Waals surface area contributed by atoms with Gasteiger partial charge in [-0.15, -0.1) is 0 Å². The second kappa shape index (κ2) is 8.57. The van der Waals surface area contributed by atoms with Crippen LogP contribution in [0.4, 0.5) is 18.9 Å². The van der Waals surface area contributed by atoms with Crippen molar-refractivity contribution in [3.63, 3.8) is 0 Å². The second-order valence-corrected chi connectivity index (χ2v) is 6.98. The Labute approximate surface area is 166 Å². The normalized spacial score (nSPS) is 11.8. The molecule has 0 unspecified atom stereocenters. The average molecular weight is 405 g/mol. The van der Waals surface area contributed by atoms with Crippen LogP contribution in [-0.2, 0) is 17.8 Å². The molecule has 0 aliphatic heterocycles. The molecule has 3 aromatic rings. The van der Waals surface area contributed by atoms with Gasteiger partial charge in [0.15, 0.2) is 0 Å². The van der Waals surface area contributed by atoms with Gasteiger partial charge in [-0.1, -0.05) is 18.2 Å². The number of ether oxygens (including phenoxy) is 1. The van der Waals surface area contributed by atoms with Gasteiger partial charge in [0.25, 0.3) is 0 Å². The van der Waals surface area contributed by atoms with Gasteiger partial charge in [-0.2, -0.15) is 13.2 Å². The lowest BCUT2D eigenvalue weighted by Gasteiger charge is -2.12. The number of hydrogen-bond acceptors (Lipinski definition) is 3. The van der Waals surface area contributed by atoms with E-state index < -0.39 is 12.1 Å². The molecular formula is C21H22F3N3O2. The Kier molecular flexibility index (Phi) is 6.12. The Balaban J connectivity index is 1.69. The van der Waals surface area contributed by atoms with Crippen LogP contribution in [0.25, 0.3) is 10.9 Å². The summed E-state index contributed by atoms with van der Waals surface area (Å²) in [5.74, 6) is -1.25. The molecule has 3 rings (SSSR count). The highest BCUT2D eigenvalue weighted by atomic mass is 19.4. The third-order valence-electron chi connectivity index (χ3n) is 4.44. The van der Waals surface area contributed by atoms with Gasteiger partial charge in [0.2, 0.25) is 0 Å². The number of anilines is 1. The Morgan fingerprint density at radius 1 is 1.14 bits per heavy atom. The number of aromatic amines is 1. The number of nitrogens with zero attached hydrogens (tertiary/aromatic N) is 1. The van der Waals surface area contributed by atoms with Gasteiger partial charge >= 0.3 is 12.1 Å². The van der Waals surface area contributed by atoms with Crippen LogP contribution in [0, 0.1) is 0 Å². The second-order valence-electron chi connectivity index (χ2n) is 6.98. The van der Waals surface area contributed by atoms with Gasteiger partial charge in [-0.3, -0.25) is 4.79 Å². The molecule has 1 amide bonds. The molecule has 2 aromatic carbocycles. The molecule has 2 N–H and O–H groups in total. The largest absolute Gasteiger partial charge is 0.488 e. The Hall–Kier alpha value is -3.00. The predicted molar refractivity (Wildman–Crippen MR) is 106 cm³/mol. The smallest absolute Gasteiger partial charge is 0.471 e. The zero-order chi connectivity index (χ0) is 21.0. The first-order valence-electron chi connectivity index (χ1n) is 9.07. The highest BCUT2D eigenvalue weighted by Gasteiger charge is 2.38. The average Bonchev–Trinajstić information content (AvgIpc) is 3.09. The van der Waals surface area contributed by atoms with Crippen molar-refractivity contribution >= 4 is 22.5 Å². The van der Waals surface area contributed by atoms with Crippen LogP contribution in [0.3, 0.4) is 0 Å². The standard InChI is InChI=1S/C21H22F3N3O2/c1-27(2)11-10-15-12-25-17-4-3-5-18(19(15)17)29-13-14-6-8-16(9-7-14)26-20(28)21(22,23)24/h3-9,12,25H,10-11,13H2,1-2H3,(H,26,28). The molecule has 29 heavy (non-hydrogen) atoms. The number of carbonyl (C=O) groups excluding carboxylic acids is 1. The molecule has 0 radical (unpaired) electrons. The first kappa shape index (κ1) is 20.7. The number of amides is 1. The minimum Gasteiger partial charge on any atom is -0.488 e. The third-order valence-corrected chi connectivity index (χ3v) is 4.44. The molecule has 0 saturated heterocycles. The first-order chi connectivity index (χ1) is 13.7. The summed E-state index contributed by atoms with van der Waals surface area (Å²) in [5.41, 5.74) is 3.00. The van der Waals surface area contributed by atoms with E-state index in [0.717, 1.165) is 40.7 Å². The number of alkyl halides is 3. The topological polar surface area (TPSA) is 57.4 Å². The van der Waals surface area contributed by atoms with Crippen LogP contribution in [0.15, 0.2) is 48.7 Å². The number of likely N-dealkylation sites (N-methyl/N-ethyl adjacent to an activating group) is 1. The van der Waals surface area contributed by atoms with Gasteiger partial charge in [-0.05, 0) is 55.9 Å². The van der Waals surface area contributed by atoms with Gasteiger partial charge in [-0.25, -0.2) is 0 Å². The van der Waals surface area contributed by atoms with E-state index in [1.807, 2.05) is 43.8 Å². The lowest BCUT2D eigenvalue weighted by atomic mass is 10.1. The van der Waals surface area contributed by atoms with E-state index in [4.69, 9.17) is 4.74 Å². The van der Waals surface area contributed by atoms with Crippen molar-refractivity contribution in [1.29, 1.82) is 0 Å². The number of nitrogens with one attached hydrogen (secondary N) is 2. The van der Waals surface area contributed by atoms with E-state index in [0.29, 0.717) is 0 Å². The molecule has 1 aromatic heterocycles. The minimum atomic E-state index is -4.92. The van der Waals surface area contributed by atoms with Crippen LogP contribution in [0.2, 0.25) is 0 Å². The summed E-state index contributed by atoms with van der Waals surface area (Å²) in [7, 11) is 4.04. The van der Waals surface area contributed by atoms with Gasteiger partial charge in [0.1, 0.15) is 12.4 Å². The fraction of sp³-hybridized carbons (Fsp3) is 0.286. The van der Waals surface area contributed by atoms with E-state index >= 15 is 0 Å². The third kappa shape index (κ3) is 5.29. The SMILES string of the molecule is CN(C)CCc1c[nH]c2cccc(OCc3ccc(NC(=O)C(F)(F)F)cc3)c12. The molecule has 0 fully saturated rings. The molecule has 0 atom stereocenters. The van der Waals surface area contributed by atoms with Crippen LogP contribution < -0.4 is 10.1 Å². The van der Waals surface area contributed by atoms with Crippen molar-refractivity contribution in [3.05, 3.63) is 59.8 Å². The number of fused-ring (bicyclic) bond motifs is 1.